The van der Waals surface area contributed by atoms with Crippen molar-refractivity contribution in [3.05, 3.63) is 11.5 Å². The predicted molar refractivity (Wildman–Crippen MR) is 66.5 cm³/mol. The Labute approximate surface area is 97.3 Å². The lowest BCUT2D eigenvalue weighted by Crippen LogP contribution is -2.71. The zero-order valence-electron chi connectivity index (χ0n) is 10.4. The molecule has 0 aromatic carbocycles. The summed E-state index contributed by atoms with van der Waals surface area (Å²) in [6.07, 6.45) is 4.01. The summed E-state index contributed by atoms with van der Waals surface area (Å²) in [5.41, 5.74) is 7.77. The minimum atomic E-state index is 0.442. The highest BCUT2D eigenvalue weighted by Crippen LogP contribution is 2.11. The van der Waals surface area contributed by atoms with Gasteiger partial charge in [0.15, 0.2) is 12.1 Å². The molecule has 0 saturated carbocycles. The highest BCUT2D eigenvalue weighted by molar-refractivity contribution is 6.15. The monoisotopic (exact) mass is 224 g/mol. The van der Waals surface area contributed by atoms with Crippen molar-refractivity contribution in [1.29, 1.82) is 0 Å². The molecule has 0 bridgehead atoms. The first-order valence-electron chi connectivity index (χ1n) is 5.79. The lowest BCUT2D eigenvalue weighted by Gasteiger charge is -2.04. The SMILES string of the molecule is COC(N)=C(C=[NH+]CC(C)C)C1=NCCC1. The van der Waals surface area contributed by atoms with Crippen molar-refractivity contribution in [1.82, 2.24) is 0 Å². The molecule has 0 fully saturated rings. The quantitative estimate of drug-likeness (QED) is 0.504. The van der Waals surface area contributed by atoms with Crippen LogP contribution < -0.4 is 10.7 Å². The third kappa shape index (κ3) is 3.68. The first-order chi connectivity index (χ1) is 7.65. The Morgan fingerprint density at radius 1 is 1.62 bits per heavy atom. The molecule has 90 valence electrons. The van der Waals surface area contributed by atoms with Gasteiger partial charge in [0.05, 0.1) is 12.8 Å². The largest absolute Gasteiger partial charge is 0.482 e. The van der Waals surface area contributed by atoms with Crippen LogP contribution in [0.2, 0.25) is 0 Å². The fourth-order valence-corrected chi connectivity index (χ4v) is 1.56. The number of nitrogens with zero attached hydrogens (tertiary/aromatic N) is 1. The summed E-state index contributed by atoms with van der Waals surface area (Å²) in [5, 5.41) is 0. The number of nitrogens with two attached hydrogens (primary N) is 1. The third-order valence-corrected chi connectivity index (χ3v) is 2.44. The van der Waals surface area contributed by atoms with Crippen LogP contribution in [0.5, 0.6) is 0 Å². The normalized spacial score (nSPS) is 17.9. The molecule has 3 N–H and O–H groups in total. The number of nitrogens with one attached hydrogen (secondary N) is 1. The summed E-state index contributed by atoms with van der Waals surface area (Å²) in [6, 6.07) is 0. The number of aliphatic imine (C=N–C) groups is 1. The number of hydrogen-bond donors (Lipinski definition) is 2. The van der Waals surface area contributed by atoms with E-state index >= 15 is 0 Å². The smallest absolute Gasteiger partial charge is 0.199 e. The standard InChI is InChI=1S/C12H21N3O/c1-9(2)7-14-8-10(12(13)16-3)11-5-4-6-15-11/h8-9H,4-7,13H2,1-3H3/p+1. The molecule has 4 heteroatoms. The Morgan fingerprint density at radius 3 is 2.88 bits per heavy atom. The van der Waals surface area contributed by atoms with Crippen molar-refractivity contribution in [3.63, 3.8) is 0 Å². The summed E-state index contributed by atoms with van der Waals surface area (Å²) < 4.78 is 5.09. The van der Waals surface area contributed by atoms with Crippen LogP contribution >= 0.6 is 0 Å². The van der Waals surface area contributed by atoms with E-state index in [1.807, 2.05) is 6.21 Å². The molecule has 0 aliphatic carbocycles. The van der Waals surface area contributed by atoms with Gasteiger partial charge in [0.25, 0.3) is 0 Å². The van der Waals surface area contributed by atoms with Gasteiger partial charge in [0.2, 0.25) is 0 Å². The van der Waals surface area contributed by atoms with Crippen LogP contribution in [0.15, 0.2) is 16.4 Å². The Hall–Kier alpha value is -1.32. The molecular formula is C12H22N3O+. The van der Waals surface area contributed by atoms with Gasteiger partial charge in [-0.1, -0.05) is 13.8 Å². The molecule has 0 spiro atoms. The summed E-state index contributed by atoms with van der Waals surface area (Å²) in [6.45, 7) is 6.15. The van der Waals surface area contributed by atoms with Crippen LogP contribution in [0.25, 0.3) is 0 Å². The average Bonchev–Trinajstić information content (AvgIpc) is 2.76. The molecule has 0 atom stereocenters. The number of ether oxygens (including phenoxy) is 1. The molecule has 4 nitrogen and oxygen atoms in total. The van der Waals surface area contributed by atoms with Crippen LogP contribution in [-0.4, -0.2) is 32.1 Å². The lowest BCUT2D eigenvalue weighted by atomic mass is 10.1. The zero-order valence-corrected chi connectivity index (χ0v) is 10.4. The van der Waals surface area contributed by atoms with Crippen LogP contribution in [0.3, 0.4) is 0 Å². The molecule has 0 amide bonds. The first kappa shape index (κ1) is 12.7. The molecule has 0 unspecified atom stereocenters. The fraction of sp³-hybridized carbons (Fsp3) is 0.667. The molecule has 0 radical (unpaired) electrons. The molecule has 0 saturated heterocycles. The van der Waals surface area contributed by atoms with Crippen LogP contribution in [0.4, 0.5) is 0 Å². The van der Waals surface area contributed by atoms with Crippen molar-refractivity contribution in [2.45, 2.75) is 26.7 Å². The van der Waals surface area contributed by atoms with Gasteiger partial charge in [0, 0.05) is 12.5 Å². The van der Waals surface area contributed by atoms with E-state index in [9.17, 15) is 0 Å². The Bertz CT molecular complexity index is 316. The van der Waals surface area contributed by atoms with Gasteiger partial charge in [0.1, 0.15) is 12.1 Å². The van der Waals surface area contributed by atoms with Gasteiger partial charge in [-0.25, -0.2) is 4.99 Å². The number of methoxy groups -OCH3 is 1. The second-order valence-electron chi connectivity index (χ2n) is 4.36. The second kappa shape index (κ2) is 6.30. The van der Waals surface area contributed by atoms with Gasteiger partial charge in [-0.15, -0.1) is 0 Å². The van der Waals surface area contributed by atoms with Crippen LogP contribution in [0, 0.1) is 5.92 Å². The van der Waals surface area contributed by atoms with E-state index in [0.29, 0.717) is 11.8 Å². The maximum Gasteiger partial charge on any atom is 0.199 e. The molecule has 1 aliphatic rings. The highest BCUT2D eigenvalue weighted by Gasteiger charge is 2.16. The number of rotatable bonds is 5. The van der Waals surface area contributed by atoms with Crippen LogP contribution in [-0.2, 0) is 4.74 Å². The fourth-order valence-electron chi connectivity index (χ4n) is 1.56. The number of hydrogen-bond acceptors (Lipinski definition) is 3. The van der Waals surface area contributed by atoms with E-state index in [2.05, 4.69) is 23.8 Å². The van der Waals surface area contributed by atoms with Crippen molar-refractivity contribution < 1.29 is 9.73 Å². The predicted octanol–water partition coefficient (Wildman–Crippen LogP) is -0.155. The summed E-state index contributed by atoms with van der Waals surface area (Å²) in [4.78, 5) is 7.68. The van der Waals surface area contributed by atoms with Gasteiger partial charge in [-0.2, -0.15) is 0 Å². The van der Waals surface area contributed by atoms with Crippen molar-refractivity contribution in [2.24, 2.45) is 16.6 Å². The van der Waals surface area contributed by atoms with E-state index in [0.717, 1.165) is 37.2 Å². The second-order valence-corrected chi connectivity index (χ2v) is 4.36. The molecule has 0 aromatic rings. The molecule has 1 aliphatic heterocycles. The molecule has 1 rings (SSSR count). The lowest BCUT2D eigenvalue weighted by molar-refractivity contribution is -0.458. The van der Waals surface area contributed by atoms with Crippen molar-refractivity contribution in [3.8, 4) is 0 Å². The minimum absolute atomic E-state index is 0.442. The molecule has 0 aromatic heterocycles. The Balaban J connectivity index is 2.77. The minimum Gasteiger partial charge on any atom is -0.482 e. The van der Waals surface area contributed by atoms with E-state index < -0.39 is 0 Å². The van der Waals surface area contributed by atoms with E-state index in [4.69, 9.17) is 10.5 Å². The Morgan fingerprint density at radius 2 is 2.38 bits per heavy atom. The van der Waals surface area contributed by atoms with E-state index in [1.54, 1.807) is 7.11 Å². The number of allylic oxidation sites excluding steroid dienone is 1. The topological polar surface area (TPSA) is 61.6 Å². The molecule has 1 heterocycles. The first-order valence-corrected chi connectivity index (χ1v) is 5.79. The zero-order chi connectivity index (χ0) is 12.0. The summed E-state index contributed by atoms with van der Waals surface area (Å²) >= 11 is 0. The third-order valence-electron chi connectivity index (χ3n) is 2.44. The summed E-state index contributed by atoms with van der Waals surface area (Å²) in [5.74, 6) is 1.05. The van der Waals surface area contributed by atoms with E-state index in [1.165, 1.54) is 0 Å². The summed E-state index contributed by atoms with van der Waals surface area (Å²) in [7, 11) is 1.58. The van der Waals surface area contributed by atoms with E-state index in [-0.39, 0.29) is 0 Å². The van der Waals surface area contributed by atoms with Crippen molar-refractivity contribution >= 4 is 11.9 Å². The average molecular weight is 224 g/mol. The van der Waals surface area contributed by atoms with Crippen molar-refractivity contribution in [2.75, 3.05) is 20.2 Å². The maximum absolute atomic E-state index is 5.82. The van der Waals surface area contributed by atoms with Gasteiger partial charge in [-0.05, 0) is 12.8 Å². The highest BCUT2D eigenvalue weighted by atomic mass is 16.5. The maximum atomic E-state index is 5.82. The molecular weight excluding hydrogens is 202 g/mol. The van der Waals surface area contributed by atoms with Gasteiger partial charge >= 0.3 is 0 Å². The Kier molecular flexibility index (Phi) is 5.02. The van der Waals surface area contributed by atoms with Crippen LogP contribution in [0.1, 0.15) is 26.7 Å². The van der Waals surface area contributed by atoms with Gasteiger partial charge in [-0.3, -0.25) is 4.99 Å². The molecule has 16 heavy (non-hydrogen) atoms. The van der Waals surface area contributed by atoms with Gasteiger partial charge < -0.3 is 10.5 Å².